The van der Waals surface area contributed by atoms with E-state index in [1.54, 1.807) is 20.8 Å². The Bertz CT molecular complexity index is 270. The summed E-state index contributed by atoms with van der Waals surface area (Å²) < 4.78 is 16.6. The van der Waals surface area contributed by atoms with Gasteiger partial charge in [-0.2, -0.15) is 0 Å². The van der Waals surface area contributed by atoms with Crippen molar-refractivity contribution in [3.05, 3.63) is 12.4 Å². The average Bonchev–Trinajstić information content (AvgIpc) is 1.99. The van der Waals surface area contributed by atoms with E-state index in [0.717, 1.165) is 0 Å². The normalized spacial score (nSPS) is 13.6. The first-order valence-electron chi connectivity index (χ1n) is 4.25. The minimum atomic E-state index is -1.43. The van der Waals surface area contributed by atoms with Gasteiger partial charge in [0.1, 0.15) is 5.60 Å². The number of carbonyl (C=O) groups excluding carboxylic acids is 1. The minimum Gasteiger partial charge on any atom is -0.479 e. The summed E-state index contributed by atoms with van der Waals surface area (Å²) in [6.07, 6.45) is -0.157. The van der Waals surface area contributed by atoms with Crippen molar-refractivity contribution >= 4 is 12.1 Å². The summed E-state index contributed by atoms with van der Waals surface area (Å²) in [4.78, 5) is 21.6. The standard InChI is InChI=1S/C9H14FNO4/c1-9(2,3)15-8(14)11-6(4-5-10)7(12)13/h4-6H,1-3H3,(H,11,14)(H,12,13)/b5-4-/t6-/m0/s1. The quantitative estimate of drug-likeness (QED) is 0.753. The van der Waals surface area contributed by atoms with Gasteiger partial charge in [-0.05, 0) is 26.8 Å². The maximum Gasteiger partial charge on any atom is 0.408 e. The number of nitrogens with one attached hydrogen (secondary N) is 1. The van der Waals surface area contributed by atoms with Gasteiger partial charge in [-0.25, -0.2) is 14.0 Å². The van der Waals surface area contributed by atoms with Crippen LogP contribution >= 0.6 is 0 Å². The Kier molecular flexibility index (Phi) is 4.77. The van der Waals surface area contributed by atoms with Crippen molar-refractivity contribution in [3.8, 4) is 0 Å². The molecule has 1 amide bonds. The fourth-order valence-corrected chi connectivity index (χ4v) is 0.699. The van der Waals surface area contributed by atoms with Crippen LogP contribution in [0.25, 0.3) is 0 Å². The van der Waals surface area contributed by atoms with Gasteiger partial charge >= 0.3 is 12.1 Å². The van der Waals surface area contributed by atoms with Crippen LogP contribution < -0.4 is 5.32 Å². The van der Waals surface area contributed by atoms with Gasteiger partial charge in [-0.1, -0.05) is 0 Å². The van der Waals surface area contributed by atoms with E-state index >= 15 is 0 Å². The van der Waals surface area contributed by atoms with Crippen molar-refractivity contribution in [2.45, 2.75) is 32.4 Å². The first-order valence-corrected chi connectivity index (χ1v) is 4.25. The van der Waals surface area contributed by atoms with Gasteiger partial charge in [0.25, 0.3) is 0 Å². The zero-order chi connectivity index (χ0) is 12.1. The lowest BCUT2D eigenvalue weighted by atomic mass is 10.2. The summed E-state index contributed by atoms with van der Waals surface area (Å²) in [5.74, 6) is -1.37. The van der Waals surface area contributed by atoms with Crippen LogP contribution in [0.3, 0.4) is 0 Å². The molecule has 0 aromatic heterocycles. The van der Waals surface area contributed by atoms with Crippen molar-refractivity contribution in [1.29, 1.82) is 0 Å². The number of hydrogen-bond acceptors (Lipinski definition) is 3. The molecule has 2 N–H and O–H groups in total. The SMILES string of the molecule is CC(C)(C)OC(=O)N[C@@H](/C=C\F)C(=O)O. The predicted molar refractivity (Wildman–Crippen MR) is 51.0 cm³/mol. The molecule has 0 saturated carbocycles. The Hall–Kier alpha value is -1.59. The first-order chi connectivity index (χ1) is 6.76. The number of carboxylic acid groups (broad SMARTS) is 1. The van der Waals surface area contributed by atoms with Crippen LogP contribution in [-0.4, -0.2) is 28.8 Å². The second-order valence-electron chi connectivity index (χ2n) is 3.78. The highest BCUT2D eigenvalue weighted by atomic mass is 19.1. The monoisotopic (exact) mass is 219 g/mol. The highest BCUT2D eigenvalue weighted by molar-refractivity contribution is 5.81. The second kappa shape index (κ2) is 5.33. The number of alkyl carbamates (subject to hydrolysis) is 1. The third kappa shape index (κ3) is 6.48. The third-order valence-corrected chi connectivity index (χ3v) is 1.20. The van der Waals surface area contributed by atoms with Crippen LogP contribution in [0.15, 0.2) is 12.4 Å². The second-order valence-corrected chi connectivity index (χ2v) is 3.78. The molecule has 0 aromatic carbocycles. The summed E-state index contributed by atoms with van der Waals surface area (Å²) in [7, 11) is 0. The molecular weight excluding hydrogens is 205 g/mol. The average molecular weight is 219 g/mol. The van der Waals surface area contributed by atoms with E-state index in [1.165, 1.54) is 0 Å². The fraction of sp³-hybridized carbons (Fsp3) is 0.556. The van der Waals surface area contributed by atoms with Crippen molar-refractivity contribution < 1.29 is 23.8 Å². The summed E-state index contributed by atoms with van der Waals surface area (Å²) in [6, 6.07) is -1.43. The maximum absolute atomic E-state index is 11.8. The highest BCUT2D eigenvalue weighted by Gasteiger charge is 2.21. The van der Waals surface area contributed by atoms with Gasteiger partial charge in [0.05, 0.1) is 6.33 Å². The smallest absolute Gasteiger partial charge is 0.408 e. The van der Waals surface area contributed by atoms with Gasteiger partial charge in [0.2, 0.25) is 0 Å². The molecule has 0 spiro atoms. The zero-order valence-corrected chi connectivity index (χ0v) is 8.78. The Morgan fingerprint density at radius 2 is 2.00 bits per heavy atom. The molecule has 0 rings (SSSR count). The number of rotatable bonds is 3. The van der Waals surface area contributed by atoms with Crippen LogP contribution in [0.1, 0.15) is 20.8 Å². The molecule has 6 heteroatoms. The van der Waals surface area contributed by atoms with Gasteiger partial charge in [-0.15, -0.1) is 0 Å². The number of aliphatic carboxylic acids is 1. The van der Waals surface area contributed by atoms with Crippen LogP contribution in [0, 0.1) is 0 Å². The highest BCUT2D eigenvalue weighted by Crippen LogP contribution is 2.06. The minimum absolute atomic E-state index is 0.0517. The van der Waals surface area contributed by atoms with Crippen molar-refractivity contribution in [3.63, 3.8) is 0 Å². The number of hydrogen-bond donors (Lipinski definition) is 2. The molecule has 0 fully saturated rings. The van der Waals surface area contributed by atoms with E-state index < -0.39 is 23.7 Å². The lowest BCUT2D eigenvalue weighted by Crippen LogP contribution is -2.42. The molecular formula is C9H14FNO4. The predicted octanol–water partition coefficient (Wildman–Crippen LogP) is 1.45. The van der Waals surface area contributed by atoms with Gasteiger partial charge in [-0.3, -0.25) is 0 Å². The summed E-state index contributed by atoms with van der Waals surface area (Å²) in [5, 5.41) is 10.5. The molecule has 0 aliphatic carbocycles. The molecule has 15 heavy (non-hydrogen) atoms. The lowest BCUT2D eigenvalue weighted by molar-refractivity contribution is -0.138. The number of carboxylic acids is 1. The molecule has 0 aliphatic rings. The third-order valence-electron chi connectivity index (χ3n) is 1.20. The Labute approximate surface area is 86.9 Å². The maximum atomic E-state index is 11.8. The molecule has 86 valence electrons. The van der Waals surface area contributed by atoms with E-state index in [4.69, 9.17) is 9.84 Å². The van der Waals surface area contributed by atoms with Crippen molar-refractivity contribution in [1.82, 2.24) is 5.32 Å². The number of halogens is 1. The van der Waals surface area contributed by atoms with E-state index in [9.17, 15) is 14.0 Å². The molecule has 0 aromatic rings. The van der Waals surface area contributed by atoms with E-state index in [-0.39, 0.29) is 6.33 Å². The summed E-state index contributed by atoms with van der Waals surface area (Å²) >= 11 is 0. The molecule has 0 heterocycles. The van der Waals surface area contributed by atoms with Crippen molar-refractivity contribution in [2.75, 3.05) is 0 Å². The molecule has 0 unspecified atom stereocenters. The van der Waals surface area contributed by atoms with Crippen LogP contribution in [0.4, 0.5) is 9.18 Å². The molecule has 0 saturated heterocycles. The first kappa shape index (κ1) is 13.4. The van der Waals surface area contributed by atoms with Crippen LogP contribution in [0.2, 0.25) is 0 Å². The van der Waals surface area contributed by atoms with Gasteiger partial charge in [0.15, 0.2) is 6.04 Å². The lowest BCUT2D eigenvalue weighted by Gasteiger charge is -2.20. The molecule has 0 bridgehead atoms. The molecule has 1 atom stereocenters. The van der Waals surface area contributed by atoms with Crippen LogP contribution in [0.5, 0.6) is 0 Å². The van der Waals surface area contributed by atoms with Crippen molar-refractivity contribution in [2.24, 2.45) is 0 Å². The van der Waals surface area contributed by atoms with Crippen LogP contribution in [-0.2, 0) is 9.53 Å². The number of ether oxygens (including phenoxy) is 1. The number of amides is 1. The molecule has 5 nitrogen and oxygen atoms in total. The summed E-state index contributed by atoms with van der Waals surface area (Å²) in [6.45, 7) is 4.90. The summed E-state index contributed by atoms with van der Waals surface area (Å²) in [5.41, 5.74) is -0.730. The Balaban J connectivity index is 4.30. The Morgan fingerprint density at radius 3 is 2.33 bits per heavy atom. The zero-order valence-electron chi connectivity index (χ0n) is 8.78. The fourth-order valence-electron chi connectivity index (χ4n) is 0.699. The number of carbonyl (C=O) groups is 2. The molecule has 0 radical (unpaired) electrons. The van der Waals surface area contributed by atoms with Gasteiger partial charge < -0.3 is 15.2 Å². The van der Waals surface area contributed by atoms with Gasteiger partial charge in [0, 0.05) is 0 Å². The topological polar surface area (TPSA) is 75.6 Å². The molecule has 0 aliphatic heterocycles. The van der Waals surface area contributed by atoms with E-state index in [0.29, 0.717) is 6.08 Å². The Morgan fingerprint density at radius 1 is 1.47 bits per heavy atom. The largest absolute Gasteiger partial charge is 0.479 e. The van der Waals surface area contributed by atoms with E-state index in [2.05, 4.69) is 0 Å². The van der Waals surface area contributed by atoms with E-state index in [1.807, 2.05) is 5.32 Å².